The van der Waals surface area contributed by atoms with Gasteiger partial charge in [-0.25, -0.2) is 9.78 Å². The minimum atomic E-state index is -0.296. The number of nitrogens with zero attached hydrogens (tertiary/aromatic N) is 2. The van der Waals surface area contributed by atoms with Crippen LogP contribution in [0.25, 0.3) is 22.2 Å². The van der Waals surface area contributed by atoms with E-state index in [1.807, 2.05) is 49.4 Å². The molecule has 0 aliphatic carbocycles. The molecule has 178 valence electrons. The zero-order valence-corrected chi connectivity index (χ0v) is 20.1. The first-order valence-electron chi connectivity index (χ1n) is 11.5. The normalized spacial score (nSPS) is 14.1. The maximum atomic E-state index is 13.0. The minimum absolute atomic E-state index is 0.00330. The molecule has 0 unspecified atom stereocenters. The fraction of sp³-hybridized carbons (Fsp3) is 0.346. The summed E-state index contributed by atoms with van der Waals surface area (Å²) in [5.74, 6) is 0.512. The number of ether oxygens (including phenoxy) is 2. The number of carbonyl (C=O) groups is 2. The van der Waals surface area contributed by atoms with E-state index in [1.54, 1.807) is 17.9 Å². The van der Waals surface area contributed by atoms with Gasteiger partial charge in [0.2, 0.25) is 0 Å². The molecule has 1 aliphatic rings. The Kier molecular flexibility index (Phi) is 7.53. The highest BCUT2D eigenvalue weighted by Gasteiger charge is 2.25. The van der Waals surface area contributed by atoms with Gasteiger partial charge in [-0.15, -0.1) is 0 Å². The molecule has 0 spiro atoms. The summed E-state index contributed by atoms with van der Waals surface area (Å²) in [7, 11) is 0. The van der Waals surface area contributed by atoms with Crippen LogP contribution in [0.2, 0.25) is 5.02 Å². The van der Waals surface area contributed by atoms with Crippen LogP contribution in [-0.2, 0) is 4.74 Å². The summed E-state index contributed by atoms with van der Waals surface area (Å²) in [5, 5.41) is 4.50. The fourth-order valence-electron chi connectivity index (χ4n) is 4.10. The van der Waals surface area contributed by atoms with E-state index in [-0.39, 0.29) is 18.0 Å². The number of piperidine rings is 1. The van der Waals surface area contributed by atoms with Gasteiger partial charge in [0, 0.05) is 46.7 Å². The monoisotopic (exact) mass is 481 g/mol. The molecular weight excluding hydrogens is 454 g/mol. The molecule has 1 aliphatic heterocycles. The Morgan fingerprint density at radius 1 is 1.09 bits per heavy atom. The Morgan fingerprint density at radius 2 is 1.88 bits per heavy atom. The van der Waals surface area contributed by atoms with Crippen molar-refractivity contribution in [3.8, 4) is 17.0 Å². The maximum Gasteiger partial charge on any atom is 0.409 e. The first-order valence-corrected chi connectivity index (χ1v) is 11.9. The number of benzene rings is 2. The number of rotatable bonds is 6. The van der Waals surface area contributed by atoms with E-state index in [9.17, 15) is 9.59 Å². The standard InChI is InChI=1S/C26H28ClN3O4/c1-3-33-24-16-23(17-6-5-7-19(27)14-17)29-22-9-8-18(15-21(22)24)25(31)28-20-10-12-30(13-11-20)26(32)34-4-2/h5-9,14-16,20H,3-4,10-13H2,1-2H3,(H,28,31). The van der Waals surface area contributed by atoms with Gasteiger partial charge in [0.1, 0.15) is 5.75 Å². The van der Waals surface area contributed by atoms with Crippen LogP contribution in [0.5, 0.6) is 5.75 Å². The van der Waals surface area contributed by atoms with Crippen molar-refractivity contribution in [2.45, 2.75) is 32.7 Å². The van der Waals surface area contributed by atoms with Crippen LogP contribution < -0.4 is 10.1 Å². The number of likely N-dealkylation sites (tertiary alicyclic amines) is 1. The lowest BCUT2D eigenvalue weighted by Gasteiger charge is -2.31. The zero-order valence-electron chi connectivity index (χ0n) is 19.3. The molecule has 34 heavy (non-hydrogen) atoms. The average molecular weight is 482 g/mol. The second-order valence-electron chi connectivity index (χ2n) is 8.11. The molecule has 0 atom stereocenters. The van der Waals surface area contributed by atoms with Crippen molar-refractivity contribution in [1.82, 2.24) is 15.2 Å². The smallest absolute Gasteiger partial charge is 0.409 e. The molecular formula is C26H28ClN3O4. The van der Waals surface area contributed by atoms with Crippen molar-refractivity contribution < 1.29 is 19.1 Å². The summed E-state index contributed by atoms with van der Waals surface area (Å²) in [4.78, 5) is 31.3. The number of amides is 2. The lowest BCUT2D eigenvalue weighted by Crippen LogP contribution is -2.46. The third kappa shape index (κ3) is 5.42. The molecule has 2 aromatic carbocycles. The number of hydrogen-bond donors (Lipinski definition) is 1. The Morgan fingerprint density at radius 3 is 2.59 bits per heavy atom. The third-order valence-electron chi connectivity index (χ3n) is 5.81. The van der Waals surface area contributed by atoms with Crippen molar-refractivity contribution in [3.63, 3.8) is 0 Å². The van der Waals surface area contributed by atoms with E-state index in [4.69, 9.17) is 26.1 Å². The van der Waals surface area contributed by atoms with Gasteiger partial charge in [-0.3, -0.25) is 4.79 Å². The predicted octanol–water partition coefficient (Wildman–Crippen LogP) is 5.30. The summed E-state index contributed by atoms with van der Waals surface area (Å²) < 4.78 is 11.0. The first-order chi connectivity index (χ1) is 16.5. The molecule has 1 saturated heterocycles. The van der Waals surface area contributed by atoms with Crippen LogP contribution in [0.15, 0.2) is 48.5 Å². The number of hydrogen-bond acceptors (Lipinski definition) is 5. The number of halogens is 1. The molecule has 8 heteroatoms. The highest BCUT2D eigenvalue weighted by Crippen LogP contribution is 2.32. The number of aromatic nitrogens is 1. The number of pyridine rings is 1. The topological polar surface area (TPSA) is 80.8 Å². The number of nitrogens with one attached hydrogen (secondary N) is 1. The first kappa shape index (κ1) is 23.8. The average Bonchev–Trinajstić information content (AvgIpc) is 2.84. The number of carbonyl (C=O) groups excluding carboxylic acids is 2. The lowest BCUT2D eigenvalue weighted by atomic mass is 10.0. The molecule has 0 bridgehead atoms. The number of fused-ring (bicyclic) bond motifs is 1. The molecule has 1 N–H and O–H groups in total. The van der Waals surface area contributed by atoms with Crippen LogP contribution in [0.4, 0.5) is 4.79 Å². The minimum Gasteiger partial charge on any atom is -0.493 e. The van der Waals surface area contributed by atoms with E-state index >= 15 is 0 Å². The second kappa shape index (κ2) is 10.7. The summed E-state index contributed by atoms with van der Waals surface area (Å²) >= 11 is 6.16. The van der Waals surface area contributed by atoms with Crippen LogP contribution in [0, 0.1) is 0 Å². The van der Waals surface area contributed by atoms with Gasteiger partial charge >= 0.3 is 6.09 Å². The van der Waals surface area contributed by atoms with E-state index in [2.05, 4.69) is 5.32 Å². The maximum absolute atomic E-state index is 13.0. The van der Waals surface area contributed by atoms with Crippen LogP contribution in [0.1, 0.15) is 37.0 Å². The van der Waals surface area contributed by atoms with Crippen molar-refractivity contribution in [3.05, 3.63) is 59.1 Å². The van der Waals surface area contributed by atoms with E-state index in [0.717, 1.165) is 22.2 Å². The molecule has 2 amide bonds. The van der Waals surface area contributed by atoms with Gasteiger partial charge in [0.15, 0.2) is 0 Å². The Hall–Kier alpha value is -3.32. The van der Waals surface area contributed by atoms with Gasteiger partial charge in [0.05, 0.1) is 24.4 Å². The van der Waals surface area contributed by atoms with Crippen LogP contribution in [0.3, 0.4) is 0 Å². The second-order valence-corrected chi connectivity index (χ2v) is 8.55. The Bertz CT molecular complexity index is 1190. The summed E-state index contributed by atoms with van der Waals surface area (Å²) in [5.41, 5.74) is 2.93. The molecule has 0 saturated carbocycles. The van der Waals surface area contributed by atoms with Crippen molar-refractivity contribution >= 4 is 34.5 Å². The molecule has 7 nitrogen and oxygen atoms in total. The highest BCUT2D eigenvalue weighted by molar-refractivity contribution is 6.30. The van der Waals surface area contributed by atoms with Crippen molar-refractivity contribution in [1.29, 1.82) is 0 Å². The molecule has 2 heterocycles. The van der Waals surface area contributed by atoms with Gasteiger partial charge in [-0.05, 0) is 57.0 Å². The van der Waals surface area contributed by atoms with Gasteiger partial charge < -0.3 is 19.7 Å². The van der Waals surface area contributed by atoms with Gasteiger partial charge in [-0.2, -0.15) is 0 Å². The van der Waals surface area contributed by atoms with Gasteiger partial charge in [-0.1, -0.05) is 23.7 Å². The Labute approximate surface area is 204 Å². The summed E-state index contributed by atoms with van der Waals surface area (Å²) in [6.45, 7) is 5.68. The SMILES string of the molecule is CCOC(=O)N1CCC(NC(=O)c2ccc3nc(-c4cccc(Cl)c4)cc(OCC)c3c2)CC1. The molecule has 1 fully saturated rings. The summed E-state index contributed by atoms with van der Waals surface area (Å²) in [6, 6.07) is 14.8. The van der Waals surface area contributed by atoms with Crippen LogP contribution >= 0.6 is 11.6 Å². The molecule has 4 rings (SSSR count). The van der Waals surface area contributed by atoms with E-state index in [0.29, 0.717) is 55.5 Å². The largest absolute Gasteiger partial charge is 0.493 e. The highest BCUT2D eigenvalue weighted by atomic mass is 35.5. The van der Waals surface area contributed by atoms with E-state index in [1.165, 1.54) is 0 Å². The summed E-state index contributed by atoms with van der Waals surface area (Å²) in [6.07, 6.45) is 1.08. The zero-order chi connectivity index (χ0) is 24.1. The molecule has 0 radical (unpaired) electrons. The van der Waals surface area contributed by atoms with Crippen molar-refractivity contribution in [2.24, 2.45) is 0 Å². The van der Waals surface area contributed by atoms with E-state index < -0.39 is 0 Å². The molecule has 3 aromatic rings. The quantitative estimate of drug-likeness (QED) is 0.516. The van der Waals surface area contributed by atoms with Gasteiger partial charge in [0.25, 0.3) is 5.91 Å². The molecule has 1 aromatic heterocycles. The predicted molar refractivity (Wildman–Crippen MR) is 132 cm³/mol. The van der Waals surface area contributed by atoms with Crippen LogP contribution in [-0.4, -0.2) is 54.2 Å². The lowest BCUT2D eigenvalue weighted by molar-refractivity contribution is 0.0860. The van der Waals surface area contributed by atoms with Crippen molar-refractivity contribution in [2.75, 3.05) is 26.3 Å². The fourth-order valence-corrected chi connectivity index (χ4v) is 4.29. The Balaban J connectivity index is 1.52. The third-order valence-corrected chi connectivity index (χ3v) is 6.04.